The number of carbonyl (C=O) groups is 1. The molecule has 1 aromatic carbocycles. The van der Waals surface area contributed by atoms with E-state index in [0.29, 0.717) is 24.6 Å². The van der Waals surface area contributed by atoms with Crippen LogP contribution in [0.3, 0.4) is 0 Å². The maximum Gasteiger partial charge on any atom is 0.236 e. The molecule has 0 aromatic heterocycles. The zero-order valence-electron chi connectivity index (χ0n) is 11.4. The van der Waals surface area contributed by atoms with Crippen molar-refractivity contribution >= 4 is 11.6 Å². The molecular weight excluding hydrogens is 240 g/mol. The molecule has 1 aromatic rings. The van der Waals surface area contributed by atoms with Crippen LogP contribution >= 0.6 is 0 Å². The Labute approximate surface area is 113 Å². The molecule has 0 saturated carbocycles. The van der Waals surface area contributed by atoms with Crippen LogP contribution in [0.5, 0.6) is 0 Å². The number of nitriles is 1. The Morgan fingerprint density at radius 2 is 2.16 bits per heavy atom. The highest BCUT2D eigenvalue weighted by atomic mass is 16.1. The van der Waals surface area contributed by atoms with Crippen LogP contribution in [0.15, 0.2) is 18.2 Å². The minimum absolute atomic E-state index is 0.106. The molecule has 0 fully saturated rings. The molecule has 1 amide bonds. The average Bonchev–Trinajstić information content (AvgIpc) is 2.36. The Balaban J connectivity index is 3.14. The summed E-state index contributed by atoms with van der Waals surface area (Å²) >= 11 is 0. The third-order valence-corrected chi connectivity index (χ3v) is 2.69. The Bertz CT molecular complexity index is 491. The molecular formula is C14H20N4O. The Morgan fingerprint density at radius 3 is 2.63 bits per heavy atom. The lowest BCUT2D eigenvalue weighted by molar-refractivity contribution is -0.116. The molecule has 0 aliphatic carbocycles. The molecule has 5 nitrogen and oxygen atoms in total. The molecule has 0 spiro atoms. The zero-order valence-corrected chi connectivity index (χ0v) is 11.4. The van der Waals surface area contributed by atoms with Crippen LogP contribution in [-0.4, -0.2) is 19.0 Å². The molecule has 1 rings (SSSR count). The maximum atomic E-state index is 11.2. The molecule has 0 bridgehead atoms. The van der Waals surface area contributed by atoms with E-state index in [1.54, 1.807) is 6.07 Å². The third-order valence-electron chi connectivity index (χ3n) is 2.69. The van der Waals surface area contributed by atoms with E-state index in [2.05, 4.69) is 6.07 Å². The smallest absolute Gasteiger partial charge is 0.236 e. The van der Waals surface area contributed by atoms with Crippen LogP contribution in [0.1, 0.15) is 25.0 Å². The number of nitrogens with zero attached hydrogens (tertiary/aromatic N) is 2. The SMILES string of the molecule is CC(C)CN(CC(N)=O)c1ccc(CN)cc1C#N. The molecule has 0 atom stereocenters. The van der Waals surface area contributed by atoms with Gasteiger partial charge in [-0.2, -0.15) is 5.26 Å². The highest BCUT2D eigenvalue weighted by Crippen LogP contribution is 2.22. The minimum atomic E-state index is -0.410. The van der Waals surface area contributed by atoms with Crippen molar-refractivity contribution < 1.29 is 4.79 Å². The normalized spacial score (nSPS) is 10.3. The lowest BCUT2D eigenvalue weighted by Gasteiger charge is -2.26. The summed E-state index contributed by atoms with van der Waals surface area (Å²) in [4.78, 5) is 13.0. The van der Waals surface area contributed by atoms with Gasteiger partial charge in [-0.1, -0.05) is 19.9 Å². The number of hydrogen-bond acceptors (Lipinski definition) is 4. The molecule has 0 unspecified atom stereocenters. The fraction of sp³-hybridized carbons (Fsp3) is 0.429. The zero-order chi connectivity index (χ0) is 14.4. The summed E-state index contributed by atoms with van der Waals surface area (Å²) in [5.41, 5.74) is 13.0. The highest BCUT2D eigenvalue weighted by molar-refractivity contribution is 5.80. The summed E-state index contributed by atoms with van der Waals surface area (Å²) in [6.45, 7) is 5.26. The van der Waals surface area contributed by atoms with Crippen LogP contribution in [0, 0.1) is 17.2 Å². The minimum Gasteiger partial charge on any atom is -0.368 e. The van der Waals surface area contributed by atoms with Crippen LogP contribution in [-0.2, 0) is 11.3 Å². The van der Waals surface area contributed by atoms with Gasteiger partial charge in [0.1, 0.15) is 6.07 Å². The van der Waals surface area contributed by atoms with Crippen molar-refractivity contribution in [2.75, 3.05) is 18.0 Å². The summed E-state index contributed by atoms with van der Waals surface area (Å²) < 4.78 is 0. The first-order valence-corrected chi connectivity index (χ1v) is 6.24. The van der Waals surface area contributed by atoms with Crippen LogP contribution < -0.4 is 16.4 Å². The summed E-state index contributed by atoms with van der Waals surface area (Å²) in [5, 5.41) is 9.22. The molecule has 0 aliphatic heterocycles. The second-order valence-corrected chi connectivity index (χ2v) is 4.91. The Kier molecular flexibility index (Phi) is 5.34. The molecule has 4 N–H and O–H groups in total. The van der Waals surface area contributed by atoms with Crippen LogP contribution in [0.25, 0.3) is 0 Å². The van der Waals surface area contributed by atoms with E-state index in [4.69, 9.17) is 11.5 Å². The van der Waals surface area contributed by atoms with Crippen molar-refractivity contribution in [3.63, 3.8) is 0 Å². The van der Waals surface area contributed by atoms with E-state index in [9.17, 15) is 10.1 Å². The quantitative estimate of drug-likeness (QED) is 0.796. The first kappa shape index (κ1) is 15.0. The van der Waals surface area contributed by atoms with Crippen molar-refractivity contribution in [1.82, 2.24) is 0 Å². The second kappa shape index (κ2) is 6.76. The number of carbonyl (C=O) groups excluding carboxylic acids is 1. The van der Waals surface area contributed by atoms with Gasteiger partial charge < -0.3 is 16.4 Å². The Morgan fingerprint density at radius 1 is 1.47 bits per heavy atom. The van der Waals surface area contributed by atoms with E-state index in [-0.39, 0.29) is 6.54 Å². The first-order chi connectivity index (χ1) is 8.97. The summed E-state index contributed by atoms with van der Waals surface area (Å²) in [6, 6.07) is 7.59. The van der Waals surface area contributed by atoms with Crippen LogP contribution in [0.2, 0.25) is 0 Å². The number of anilines is 1. The van der Waals surface area contributed by atoms with Crippen molar-refractivity contribution in [2.45, 2.75) is 20.4 Å². The predicted octanol–water partition coefficient (Wildman–Crippen LogP) is 0.965. The molecule has 5 heteroatoms. The number of nitrogens with two attached hydrogens (primary N) is 2. The molecule has 0 saturated heterocycles. The van der Waals surface area contributed by atoms with Gasteiger partial charge in [0.05, 0.1) is 17.8 Å². The van der Waals surface area contributed by atoms with Crippen molar-refractivity contribution in [2.24, 2.45) is 17.4 Å². The fourth-order valence-corrected chi connectivity index (χ4v) is 1.95. The molecule has 0 heterocycles. The van der Waals surface area contributed by atoms with Gasteiger partial charge in [-0.15, -0.1) is 0 Å². The van der Waals surface area contributed by atoms with Crippen molar-refractivity contribution in [3.8, 4) is 6.07 Å². The fourth-order valence-electron chi connectivity index (χ4n) is 1.95. The van der Waals surface area contributed by atoms with E-state index in [0.717, 1.165) is 11.3 Å². The van der Waals surface area contributed by atoms with Gasteiger partial charge in [0, 0.05) is 13.1 Å². The van der Waals surface area contributed by atoms with Gasteiger partial charge in [0.15, 0.2) is 0 Å². The van der Waals surface area contributed by atoms with Gasteiger partial charge in [0.25, 0.3) is 0 Å². The largest absolute Gasteiger partial charge is 0.368 e. The van der Waals surface area contributed by atoms with Crippen LogP contribution in [0.4, 0.5) is 5.69 Å². The van der Waals surface area contributed by atoms with E-state index >= 15 is 0 Å². The van der Waals surface area contributed by atoms with Crippen molar-refractivity contribution in [3.05, 3.63) is 29.3 Å². The van der Waals surface area contributed by atoms with E-state index in [1.807, 2.05) is 30.9 Å². The number of hydrogen-bond donors (Lipinski definition) is 2. The maximum absolute atomic E-state index is 11.2. The highest BCUT2D eigenvalue weighted by Gasteiger charge is 2.15. The van der Waals surface area contributed by atoms with Crippen molar-refractivity contribution in [1.29, 1.82) is 5.26 Å². The average molecular weight is 260 g/mol. The van der Waals surface area contributed by atoms with Gasteiger partial charge in [-0.3, -0.25) is 4.79 Å². The molecule has 0 radical (unpaired) electrons. The number of amides is 1. The monoisotopic (exact) mass is 260 g/mol. The van der Waals surface area contributed by atoms with Gasteiger partial charge in [-0.05, 0) is 23.6 Å². The summed E-state index contributed by atoms with van der Waals surface area (Å²) in [6.07, 6.45) is 0. The molecule has 19 heavy (non-hydrogen) atoms. The second-order valence-electron chi connectivity index (χ2n) is 4.91. The number of primary amides is 1. The third kappa shape index (κ3) is 4.27. The first-order valence-electron chi connectivity index (χ1n) is 6.24. The van der Waals surface area contributed by atoms with E-state index in [1.165, 1.54) is 0 Å². The summed E-state index contributed by atoms with van der Waals surface area (Å²) in [5.74, 6) is -0.0486. The van der Waals surface area contributed by atoms with Gasteiger partial charge >= 0.3 is 0 Å². The predicted molar refractivity (Wildman–Crippen MR) is 75.3 cm³/mol. The van der Waals surface area contributed by atoms with Gasteiger partial charge in [-0.25, -0.2) is 0 Å². The lowest BCUT2D eigenvalue weighted by Crippen LogP contribution is -2.36. The molecule has 0 aliphatic rings. The standard InChI is InChI=1S/C14H20N4O/c1-10(2)8-18(9-14(17)19)13-4-3-11(6-15)5-12(13)7-16/h3-5,10H,6,8-9,15H2,1-2H3,(H2,17,19). The topological polar surface area (TPSA) is 96.1 Å². The summed E-state index contributed by atoms with van der Waals surface area (Å²) in [7, 11) is 0. The van der Waals surface area contributed by atoms with E-state index < -0.39 is 5.91 Å². The Hall–Kier alpha value is -2.06. The molecule has 102 valence electrons. The van der Waals surface area contributed by atoms with Gasteiger partial charge in [0.2, 0.25) is 5.91 Å². The number of rotatable bonds is 6. The lowest BCUT2D eigenvalue weighted by atomic mass is 10.1. The number of benzene rings is 1.